The molecule has 24 heteroatoms. The average molecular weight is 1480 g/mol. The van der Waals surface area contributed by atoms with Gasteiger partial charge < -0.3 is 58.3 Å². The second kappa shape index (κ2) is 33.7. The minimum atomic E-state index is -1.82. The van der Waals surface area contributed by atoms with E-state index in [1.165, 1.54) is 28.3 Å². The van der Waals surface area contributed by atoms with Crippen molar-refractivity contribution in [1.82, 2.24) is 24.8 Å². The molecule has 0 radical (unpaired) electrons. The molecule has 1 aromatic heterocycles. The minimum Gasteiger partial charge on any atom is -0.490 e. The van der Waals surface area contributed by atoms with Crippen molar-refractivity contribution >= 4 is 46.7 Å². The number of nitrogens with two attached hydrogens (primary N) is 1. The van der Waals surface area contributed by atoms with E-state index in [9.17, 15) is 34.8 Å². The molecule has 0 saturated carbocycles. The van der Waals surface area contributed by atoms with Gasteiger partial charge in [0, 0.05) is 97.5 Å². The first-order chi connectivity index (χ1) is 50.2. The lowest BCUT2D eigenvalue weighted by atomic mass is 9.68. The van der Waals surface area contributed by atoms with Crippen molar-refractivity contribution in [3.8, 4) is 58.3 Å². The molecular formula is C82H106N10O12Si2. The Kier molecular flexibility index (Phi) is 25.7. The molecular weight excluding hydrogens is 1370 g/mol. The van der Waals surface area contributed by atoms with Crippen molar-refractivity contribution in [2.24, 2.45) is 10.9 Å². The Labute approximate surface area is 627 Å². The number of fused-ring (bicyclic) bond motifs is 6. The molecule has 3 fully saturated rings. The summed E-state index contributed by atoms with van der Waals surface area (Å²) < 4.78 is 33.9. The molecule has 5 aromatic carbocycles. The summed E-state index contributed by atoms with van der Waals surface area (Å²) in [5, 5.41) is 54.1. The first-order valence-electron chi connectivity index (χ1n) is 37.0. The minimum absolute atomic E-state index is 0.00469. The number of likely N-dealkylation sites (tertiary alicyclic amines) is 3. The summed E-state index contributed by atoms with van der Waals surface area (Å²) in [6.07, 6.45) is 10.2. The SMILES string of the molecule is CC(C)(C)[Si](C)(C)OCCN1CC2(CCCc3c(C#N)cccc32)CC1=O.CC(C)(C)[Si](C)(C)OCCN1CC2(CCCc3c(C(N)=NO)cccc32)CC1=O.CC(C)Oc1ccc(-c2nc(-c3cccc4c3CCCC43CC(=O)N(CCO)C3)no2)cc1C#N.CC(C)Oc1ccc(OC=O)cc1C#N. The van der Waals surface area contributed by atoms with E-state index in [-0.39, 0.29) is 68.7 Å². The molecule has 3 saturated heterocycles. The van der Waals surface area contributed by atoms with Gasteiger partial charge in [-0.1, -0.05) is 100 Å². The number of carbonyl (C=O) groups is 4. The number of aliphatic hydroxyl groups is 1. The maximum atomic E-state index is 12.9. The second-order valence-electron chi connectivity index (χ2n) is 32.5. The number of benzene rings is 5. The van der Waals surface area contributed by atoms with Gasteiger partial charge in [-0.05, 0) is 192 Å². The van der Waals surface area contributed by atoms with E-state index >= 15 is 0 Å². The first kappa shape index (κ1) is 80.9. The Morgan fingerprint density at radius 2 is 1.08 bits per heavy atom. The van der Waals surface area contributed by atoms with Crippen molar-refractivity contribution in [1.29, 1.82) is 15.8 Å². The Hall–Kier alpha value is -9.23. The molecule has 106 heavy (non-hydrogen) atoms. The van der Waals surface area contributed by atoms with Gasteiger partial charge >= 0.3 is 0 Å². The molecule has 3 aliphatic carbocycles. The smallest absolute Gasteiger partial charge is 0.298 e. The van der Waals surface area contributed by atoms with Crippen molar-refractivity contribution in [2.75, 3.05) is 59.1 Å². The molecule has 3 spiro atoms. The summed E-state index contributed by atoms with van der Waals surface area (Å²) in [6, 6.07) is 34.5. The average Bonchev–Trinajstić information content (AvgIpc) is 1.53. The van der Waals surface area contributed by atoms with E-state index < -0.39 is 16.6 Å². The molecule has 3 aliphatic heterocycles. The molecule has 3 amide bonds. The van der Waals surface area contributed by atoms with Crippen LogP contribution >= 0.6 is 0 Å². The number of aliphatic hydroxyl groups excluding tert-OH is 1. The molecule has 3 unspecified atom stereocenters. The van der Waals surface area contributed by atoms with Crippen molar-refractivity contribution < 1.29 is 57.1 Å². The van der Waals surface area contributed by atoms with Crippen LogP contribution in [0.5, 0.6) is 17.2 Å². The molecule has 22 nitrogen and oxygen atoms in total. The fraction of sp³-hybridized carbons (Fsp3) is 0.512. The van der Waals surface area contributed by atoms with Crippen LogP contribution in [0.4, 0.5) is 0 Å². The molecule has 6 aliphatic rings. The van der Waals surface area contributed by atoms with E-state index in [0.717, 1.165) is 98.7 Å². The number of amidine groups is 1. The van der Waals surface area contributed by atoms with Gasteiger partial charge in [-0.2, -0.15) is 20.8 Å². The quantitative estimate of drug-likeness (QED) is 0.0169. The van der Waals surface area contributed by atoms with Crippen LogP contribution in [0.25, 0.3) is 22.8 Å². The van der Waals surface area contributed by atoms with Gasteiger partial charge in [0.2, 0.25) is 23.5 Å². The van der Waals surface area contributed by atoms with Crippen LogP contribution in [0.15, 0.2) is 101 Å². The number of rotatable bonds is 19. The van der Waals surface area contributed by atoms with E-state index in [1.54, 1.807) is 29.2 Å². The summed E-state index contributed by atoms with van der Waals surface area (Å²) in [5.41, 5.74) is 16.3. The number of hydrogen-bond donors (Lipinski definition) is 3. The predicted octanol–water partition coefficient (Wildman–Crippen LogP) is 13.7. The highest BCUT2D eigenvalue weighted by atomic mass is 28.4. The molecule has 0 bridgehead atoms. The summed E-state index contributed by atoms with van der Waals surface area (Å²) in [6.45, 7) is 35.2. The monoisotopic (exact) mass is 1480 g/mol. The van der Waals surface area contributed by atoms with Crippen molar-refractivity contribution in [3.63, 3.8) is 0 Å². The van der Waals surface area contributed by atoms with Gasteiger partial charge in [-0.3, -0.25) is 19.2 Å². The lowest BCUT2D eigenvalue weighted by Gasteiger charge is -2.37. The van der Waals surface area contributed by atoms with Crippen LogP contribution in [0, 0.1) is 34.0 Å². The highest BCUT2D eigenvalue weighted by molar-refractivity contribution is 6.74. The summed E-state index contributed by atoms with van der Waals surface area (Å²) in [4.78, 5) is 58.8. The van der Waals surface area contributed by atoms with E-state index in [4.69, 9.17) is 39.1 Å². The third-order valence-electron chi connectivity index (χ3n) is 22.6. The van der Waals surface area contributed by atoms with Crippen LogP contribution in [-0.2, 0) is 63.5 Å². The topological polar surface area (TPSA) is 313 Å². The Balaban J connectivity index is 0.000000169. The summed E-state index contributed by atoms with van der Waals surface area (Å²) in [7, 11) is -3.61. The van der Waals surface area contributed by atoms with Gasteiger partial charge in [-0.15, -0.1) is 0 Å². The van der Waals surface area contributed by atoms with Gasteiger partial charge in [0.25, 0.3) is 12.4 Å². The molecule has 4 N–H and O–H groups in total. The highest BCUT2D eigenvalue weighted by Crippen LogP contribution is 2.50. The fourth-order valence-electron chi connectivity index (χ4n) is 15.3. The standard InChI is InChI=1S/C27H28N4O4.C22H35N3O3Si.C22H32N2O2Si.C11H11NO3/c1-17(2)34-23-9-8-18(13-19(23)15-28)26-29-25(30-35-26)21-5-3-7-22-20(21)6-4-10-27(22)14-24(33)31(16-27)11-12-32;1-21(2,3)29(4,5)28-13-12-25-15-22(14-19(25)26)11-7-9-16-17(20(23)24-27)8-6-10-18(16)22;1-21(2,3)27(4,5)26-13-12-24-16-22(14-20(24)25)11-7-9-18-17(15-23)8-6-10-19(18)22;1-8(2)15-11-4-3-10(14-7-13)5-9(11)6-12/h3,5,7-9,13,17,32H,4,6,10-12,14,16H2,1-2H3;6,8,10,27H,7,9,11-15H2,1-5H3,(H2,23,24);6,8,10H,7,9,11-14,16H2,1-5H3;3-5,7-8H,1-2H3. The maximum absolute atomic E-state index is 12.9. The van der Waals surface area contributed by atoms with Crippen LogP contribution in [0.2, 0.25) is 36.3 Å². The van der Waals surface area contributed by atoms with Crippen molar-refractivity contribution in [3.05, 3.63) is 147 Å². The van der Waals surface area contributed by atoms with Gasteiger partial charge in [-0.25, -0.2) is 0 Å². The van der Waals surface area contributed by atoms with Gasteiger partial charge in [0.15, 0.2) is 22.5 Å². The largest absolute Gasteiger partial charge is 0.490 e. The number of nitriles is 3. The van der Waals surface area contributed by atoms with Crippen molar-refractivity contribution in [2.45, 2.75) is 211 Å². The number of oxime groups is 1. The summed E-state index contributed by atoms with van der Waals surface area (Å²) in [5.74, 6) is 2.83. The van der Waals surface area contributed by atoms with E-state index in [0.29, 0.717) is 111 Å². The lowest BCUT2D eigenvalue weighted by Crippen LogP contribution is -2.43. The van der Waals surface area contributed by atoms with Crippen LogP contribution in [0.3, 0.4) is 0 Å². The first-order valence-corrected chi connectivity index (χ1v) is 42.9. The zero-order valence-corrected chi connectivity index (χ0v) is 66.3. The number of ether oxygens (including phenoxy) is 3. The third kappa shape index (κ3) is 18.1. The normalized spacial score (nSPS) is 19.8. The zero-order chi connectivity index (χ0) is 77.2. The molecule has 4 heterocycles. The maximum Gasteiger partial charge on any atom is 0.298 e. The molecule has 3 atom stereocenters. The van der Waals surface area contributed by atoms with E-state index in [2.05, 4.69) is 118 Å². The van der Waals surface area contributed by atoms with Crippen LogP contribution in [0.1, 0.15) is 183 Å². The number of amides is 3. The number of aromatic nitrogens is 2. The van der Waals surface area contributed by atoms with E-state index in [1.807, 2.05) is 86.0 Å². The molecule has 564 valence electrons. The zero-order valence-electron chi connectivity index (χ0n) is 64.3. The second-order valence-corrected chi connectivity index (χ2v) is 42.1. The molecule has 6 aromatic rings. The van der Waals surface area contributed by atoms with Crippen LogP contribution in [-0.4, -0.2) is 153 Å². The van der Waals surface area contributed by atoms with Gasteiger partial charge in [0.05, 0.1) is 54.8 Å². The number of hydrogen-bond acceptors (Lipinski definition) is 18. The predicted molar refractivity (Wildman–Crippen MR) is 410 cm³/mol. The number of carbonyl (C=O) groups excluding carboxylic acids is 4. The van der Waals surface area contributed by atoms with Gasteiger partial charge in [0.1, 0.15) is 29.4 Å². The number of β-amino-alcohol motifs (C(OH)–C–C–N with tert-alkyl or cyclic N) is 1. The lowest BCUT2D eigenvalue weighted by molar-refractivity contribution is -0.128. The van der Waals surface area contributed by atoms with Crippen LogP contribution < -0.4 is 19.9 Å². The Morgan fingerprint density at radius 1 is 0.632 bits per heavy atom. The summed E-state index contributed by atoms with van der Waals surface area (Å²) >= 11 is 0. The third-order valence-corrected chi connectivity index (χ3v) is 31.7. The number of nitrogens with zero attached hydrogens (tertiary/aromatic N) is 9. The Bertz CT molecular complexity index is 4350. The fourth-order valence-corrected chi connectivity index (χ4v) is 17.4. The molecule has 12 rings (SSSR count). The highest BCUT2D eigenvalue weighted by Gasteiger charge is 2.50. The Morgan fingerprint density at radius 3 is 1.57 bits per heavy atom.